The first-order valence-corrected chi connectivity index (χ1v) is 6.50. The molecule has 1 N–H and O–H groups in total. The maximum atomic E-state index is 5.67. The Morgan fingerprint density at radius 1 is 1.20 bits per heavy atom. The van der Waals surface area contributed by atoms with Crippen LogP contribution >= 0.6 is 0 Å². The second kappa shape index (κ2) is 6.46. The second-order valence-electron chi connectivity index (χ2n) is 4.74. The molecule has 2 heterocycles. The summed E-state index contributed by atoms with van der Waals surface area (Å²) in [5, 5.41) is 3.38. The van der Waals surface area contributed by atoms with E-state index in [4.69, 9.17) is 4.74 Å². The van der Waals surface area contributed by atoms with Crippen LogP contribution in [0.5, 0.6) is 0 Å². The molecule has 3 heteroatoms. The summed E-state index contributed by atoms with van der Waals surface area (Å²) in [4.78, 5) is 2.60. The van der Waals surface area contributed by atoms with Crippen molar-refractivity contribution in [1.29, 1.82) is 0 Å². The molecule has 0 amide bonds. The molecule has 2 fully saturated rings. The lowest BCUT2D eigenvalue weighted by Gasteiger charge is -2.23. The summed E-state index contributed by atoms with van der Waals surface area (Å²) in [5.74, 6) is 0. The average Bonchev–Trinajstić information content (AvgIpc) is 2.79. The van der Waals surface area contributed by atoms with Gasteiger partial charge in [0.25, 0.3) is 0 Å². The smallest absolute Gasteiger partial charge is 0.0700 e. The molecule has 15 heavy (non-hydrogen) atoms. The fourth-order valence-corrected chi connectivity index (χ4v) is 2.52. The summed E-state index contributed by atoms with van der Waals surface area (Å²) in [5.41, 5.74) is 0. The maximum Gasteiger partial charge on any atom is 0.0700 e. The van der Waals surface area contributed by atoms with Gasteiger partial charge in [-0.25, -0.2) is 0 Å². The van der Waals surface area contributed by atoms with Crippen LogP contribution in [0.25, 0.3) is 0 Å². The van der Waals surface area contributed by atoms with Crippen LogP contribution in [-0.4, -0.2) is 50.3 Å². The minimum absolute atomic E-state index is 0.484. The van der Waals surface area contributed by atoms with Crippen LogP contribution in [0, 0.1) is 0 Å². The highest BCUT2D eigenvalue weighted by molar-refractivity contribution is 4.69. The van der Waals surface area contributed by atoms with Gasteiger partial charge >= 0.3 is 0 Å². The molecule has 0 saturated carbocycles. The summed E-state index contributed by atoms with van der Waals surface area (Å²) in [6, 6.07) is 0. The third-order valence-corrected chi connectivity index (χ3v) is 3.45. The molecule has 0 aromatic carbocycles. The van der Waals surface area contributed by atoms with Crippen LogP contribution in [0.3, 0.4) is 0 Å². The van der Waals surface area contributed by atoms with E-state index >= 15 is 0 Å². The Labute approximate surface area is 93.2 Å². The predicted octanol–water partition coefficient (Wildman–Crippen LogP) is 1.24. The number of hydrogen-bond acceptors (Lipinski definition) is 3. The lowest BCUT2D eigenvalue weighted by atomic mass is 10.1. The third-order valence-electron chi connectivity index (χ3n) is 3.45. The average molecular weight is 212 g/mol. The maximum absolute atomic E-state index is 5.67. The number of ether oxygens (including phenoxy) is 1. The van der Waals surface area contributed by atoms with Crippen LogP contribution in [0.2, 0.25) is 0 Å². The predicted molar refractivity (Wildman–Crippen MR) is 62.1 cm³/mol. The van der Waals surface area contributed by atoms with Crippen molar-refractivity contribution in [3.63, 3.8) is 0 Å². The van der Waals surface area contributed by atoms with Crippen molar-refractivity contribution < 1.29 is 4.74 Å². The lowest BCUT2D eigenvalue weighted by Crippen LogP contribution is -2.38. The van der Waals surface area contributed by atoms with Crippen LogP contribution < -0.4 is 5.32 Å². The molecule has 1 unspecified atom stereocenters. The molecule has 2 saturated heterocycles. The molecule has 2 aliphatic heterocycles. The van der Waals surface area contributed by atoms with Crippen LogP contribution in [0.4, 0.5) is 0 Å². The Morgan fingerprint density at radius 3 is 2.80 bits per heavy atom. The Kier molecular flexibility index (Phi) is 4.90. The monoisotopic (exact) mass is 212 g/mol. The van der Waals surface area contributed by atoms with E-state index in [0.717, 1.165) is 19.7 Å². The SMILES string of the molecule is C(CCN1CCCC1)CC1CNCCO1. The molecule has 88 valence electrons. The summed E-state index contributed by atoms with van der Waals surface area (Å²) < 4.78 is 5.67. The summed E-state index contributed by atoms with van der Waals surface area (Å²) in [6.07, 6.45) is 7.21. The molecule has 1 atom stereocenters. The zero-order valence-electron chi connectivity index (χ0n) is 9.71. The van der Waals surface area contributed by atoms with E-state index in [-0.39, 0.29) is 0 Å². The first kappa shape index (κ1) is 11.4. The Bertz CT molecular complexity index is 163. The summed E-state index contributed by atoms with van der Waals surface area (Å²) >= 11 is 0. The molecular formula is C12H24N2O. The first-order valence-electron chi connectivity index (χ1n) is 6.50. The van der Waals surface area contributed by atoms with Crippen LogP contribution in [0.1, 0.15) is 32.1 Å². The van der Waals surface area contributed by atoms with Crippen LogP contribution in [0.15, 0.2) is 0 Å². The summed E-state index contributed by atoms with van der Waals surface area (Å²) in [7, 11) is 0. The van der Waals surface area contributed by atoms with Crippen molar-refractivity contribution in [2.75, 3.05) is 39.3 Å². The van der Waals surface area contributed by atoms with E-state index in [1.165, 1.54) is 51.7 Å². The van der Waals surface area contributed by atoms with Crippen molar-refractivity contribution in [2.45, 2.75) is 38.2 Å². The van der Waals surface area contributed by atoms with Gasteiger partial charge in [-0.3, -0.25) is 0 Å². The zero-order chi connectivity index (χ0) is 10.3. The van der Waals surface area contributed by atoms with E-state index in [2.05, 4.69) is 10.2 Å². The highest BCUT2D eigenvalue weighted by Gasteiger charge is 2.14. The molecule has 0 aromatic rings. The fourth-order valence-electron chi connectivity index (χ4n) is 2.52. The molecule has 3 nitrogen and oxygen atoms in total. The highest BCUT2D eigenvalue weighted by atomic mass is 16.5. The Balaban J connectivity index is 1.47. The van der Waals surface area contributed by atoms with Crippen molar-refractivity contribution in [3.05, 3.63) is 0 Å². The topological polar surface area (TPSA) is 24.5 Å². The minimum Gasteiger partial charge on any atom is -0.376 e. The van der Waals surface area contributed by atoms with E-state index < -0.39 is 0 Å². The van der Waals surface area contributed by atoms with Gasteiger partial charge in [0, 0.05) is 13.1 Å². The molecule has 0 spiro atoms. The molecular weight excluding hydrogens is 188 g/mol. The number of morpholine rings is 1. The first-order chi connectivity index (χ1) is 7.45. The summed E-state index contributed by atoms with van der Waals surface area (Å²) in [6.45, 7) is 6.97. The third kappa shape index (κ3) is 4.09. The van der Waals surface area contributed by atoms with Gasteiger partial charge in [0.15, 0.2) is 0 Å². The normalized spacial score (nSPS) is 28.4. The van der Waals surface area contributed by atoms with Gasteiger partial charge in [0.05, 0.1) is 12.7 Å². The highest BCUT2D eigenvalue weighted by Crippen LogP contribution is 2.11. The van der Waals surface area contributed by atoms with Gasteiger partial charge in [0.2, 0.25) is 0 Å². The van der Waals surface area contributed by atoms with Gasteiger partial charge in [-0.05, 0) is 51.7 Å². The van der Waals surface area contributed by atoms with E-state index in [1.54, 1.807) is 0 Å². The molecule has 0 radical (unpaired) electrons. The van der Waals surface area contributed by atoms with E-state index in [0.29, 0.717) is 6.10 Å². The quantitative estimate of drug-likeness (QED) is 0.694. The van der Waals surface area contributed by atoms with Gasteiger partial charge in [0.1, 0.15) is 0 Å². The van der Waals surface area contributed by atoms with Crippen LogP contribution in [-0.2, 0) is 4.74 Å². The molecule has 0 aliphatic carbocycles. The standard InChI is InChI=1S/C12H24N2O/c1(2-7-14-8-3-4-9-14)5-12-11-13-6-10-15-12/h12-13H,1-11H2. The minimum atomic E-state index is 0.484. The van der Waals surface area contributed by atoms with Crippen molar-refractivity contribution >= 4 is 0 Å². The number of rotatable bonds is 5. The molecule has 0 aromatic heterocycles. The van der Waals surface area contributed by atoms with Gasteiger partial charge < -0.3 is 15.0 Å². The number of unbranched alkanes of at least 4 members (excludes halogenated alkanes) is 1. The number of likely N-dealkylation sites (tertiary alicyclic amines) is 1. The van der Waals surface area contributed by atoms with Crippen molar-refractivity contribution in [1.82, 2.24) is 10.2 Å². The molecule has 2 aliphatic rings. The Hall–Kier alpha value is -0.120. The largest absolute Gasteiger partial charge is 0.376 e. The van der Waals surface area contributed by atoms with E-state index in [9.17, 15) is 0 Å². The molecule has 0 bridgehead atoms. The fraction of sp³-hybridized carbons (Fsp3) is 1.00. The molecule has 2 rings (SSSR count). The van der Waals surface area contributed by atoms with Gasteiger partial charge in [-0.1, -0.05) is 0 Å². The van der Waals surface area contributed by atoms with Crippen molar-refractivity contribution in [3.8, 4) is 0 Å². The van der Waals surface area contributed by atoms with Gasteiger partial charge in [-0.15, -0.1) is 0 Å². The Morgan fingerprint density at radius 2 is 2.07 bits per heavy atom. The number of hydrogen-bond donors (Lipinski definition) is 1. The van der Waals surface area contributed by atoms with Crippen molar-refractivity contribution in [2.24, 2.45) is 0 Å². The number of nitrogens with one attached hydrogen (secondary N) is 1. The second-order valence-corrected chi connectivity index (χ2v) is 4.74. The van der Waals surface area contributed by atoms with E-state index in [1.807, 2.05) is 0 Å². The zero-order valence-corrected chi connectivity index (χ0v) is 9.71. The lowest BCUT2D eigenvalue weighted by molar-refractivity contribution is 0.0218. The van der Waals surface area contributed by atoms with Gasteiger partial charge in [-0.2, -0.15) is 0 Å². The number of nitrogens with zero attached hydrogens (tertiary/aromatic N) is 1.